The molecule has 0 radical (unpaired) electrons. The minimum atomic E-state index is -3.63. The monoisotopic (exact) mass is 417 g/mol. The molecule has 0 spiro atoms. The van der Waals surface area contributed by atoms with E-state index in [0.717, 1.165) is 30.9 Å². The van der Waals surface area contributed by atoms with Gasteiger partial charge in [-0.2, -0.15) is 0 Å². The Hall–Kier alpha value is -2.16. The van der Waals surface area contributed by atoms with Crippen LogP contribution < -0.4 is 4.72 Å². The molecule has 6 nitrogen and oxygen atoms in total. The third-order valence-electron chi connectivity index (χ3n) is 4.98. The smallest absolute Gasteiger partial charge is 0.271 e. The SMILES string of the molecule is CCCN1CC[C@@H](c2ccc(NS(=O)(=O)c3ccc(-c4ccon4)s3)cc2)C1. The molecule has 0 bridgehead atoms. The second kappa shape index (κ2) is 8.06. The predicted octanol–water partition coefficient (Wildman–Crippen LogP) is 4.40. The lowest BCUT2D eigenvalue weighted by Gasteiger charge is -2.15. The lowest BCUT2D eigenvalue weighted by atomic mass is 9.98. The second-order valence-corrected chi connectivity index (χ2v) is 10.0. The molecule has 1 aliphatic heterocycles. The third kappa shape index (κ3) is 4.14. The number of aromatic nitrogens is 1. The average Bonchev–Trinajstić information content (AvgIpc) is 3.43. The molecule has 4 rings (SSSR count). The standard InChI is InChI=1S/C20H23N3O3S2/c1-2-11-23-12-9-16(14-23)15-3-5-17(6-4-15)22-28(24,25)20-8-7-19(27-20)18-10-13-26-21-18/h3-8,10,13,16,22H,2,9,11-12,14H2,1H3/t16-/m1/s1. The third-order valence-corrected chi connectivity index (χ3v) is 7.96. The van der Waals surface area contributed by atoms with Crippen LogP contribution in [0.4, 0.5) is 5.69 Å². The molecule has 0 saturated carbocycles. The van der Waals surface area contributed by atoms with Gasteiger partial charge < -0.3 is 9.42 Å². The lowest BCUT2D eigenvalue weighted by Crippen LogP contribution is -2.20. The van der Waals surface area contributed by atoms with Gasteiger partial charge in [-0.15, -0.1) is 11.3 Å². The van der Waals surface area contributed by atoms with Crippen LogP contribution in [0.1, 0.15) is 31.2 Å². The minimum Gasteiger partial charge on any atom is -0.364 e. The summed E-state index contributed by atoms with van der Waals surface area (Å²) in [5.41, 5.74) is 2.47. The summed E-state index contributed by atoms with van der Waals surface area (Å²) in [7, 11) is -3.63. The predicted molar refractivity (Wildman–Crippen MR) is 111 cm³/mol. The summed E-state index contributed by atoms with van der Waals surface area (Å²) in [6.07, 6.45) is 3.80. The summed E-state index contributed by atoms with van der Waals surface area (Å²) in [6.45, 7) is 5.57. The first-order valence-electron chi connectivity index (χ1n) is 9.41. The normalized spacial score (nSPS) is 17.8. The molecule has 1 atom stereocenters. The largest absolute Gasteiger partial charge is 0.364 e. The van der Waals surface area contributed by atoms with Crippen molar-refractivity contribution in [3.63, 3.8) is 0 Å². The first kappa shape index (κ1) is 19.2. The zero-order chi connectivity index (χ0) is 19.6. The van der Waals surface area contributed by atoms with Crippen LogP contribution in [0, 0.1) is 0 Å². The summed E-state index contributed by atoms with van der Waals surface area (Å²) in [4.78, 5) is 3.24. The van der Waals surface area contributed by atoms with Gasteiger partial charge in [0.05, 0.1) is 4.88 Å². The number of hydrogen-bond donors (Lipinski definition) is 1. The van der Waals surface area contributed by atoms with Crippen LogP contribution in [-0.2, 0) is 10.0 Å². The van der Waals surface area contributed by atoms with Gasteiger partial charge in [0, 0.05) is 18.3 Å². The van der Waals surface area contributed by atoms with Crippen molar-refractivity contribution >= 4 is 27.0 Å². The fraction of sp³-hybridized carbons (Fsp3) is 0.350. The number of likely N-dealkylation sites (tertiary alicyclic amines) is 1. The van der Waals surface area contributed by atoms with E-state index >= 15 is 0 Å². The van der Waals surface area contributed by atoms with Crippen LogP contribution in [0.15, 0.2) is 57.5 Å². The van der Waals surface area contributed by atoms with Crippen LogP contribution in [0.25, 0.3) is 10.6 Å². The van der Waals surface area contributed by atoms with E-state index in [2.05, 4.69) is 21.7 Å². The van der Waals surface area contributed by atoms with Gasteiger partial charge in [-0.3, -0.25) is 4.72 Å². The van der Waals surface area contributed by atoms with Crippen LogP contribution in [0.5, 0.6) is 0 Å². The molecular weight excluding hydrogens is 394 g/mol. The number of benzene rings is 1. The van der Waals surface area contributed by atoms with E-state index in [1.54, 1.807) is 18.2 Å². The van der Waals surface area contributed by atoms with E-state index in [1.165, 1.54) is 29.6 Å². The molecule has 148 valence electrons. The van der Waals surface area contributed by atoms with E-state index in [1.807, 2.05) is 24.3 Å². The first-order chi connectivity index (χ1) is 13.5. The van der Waals surface area contributed by atoms with E-state index in [9.17, 15) is 8.42 Å². The van der Waals surface area contributed by atoms with Crippen molar-refractivity contribution < 1.29 is 12.9 Å². The summed E-state index contributed by atoms with van der Waals surface area (Å²) < 4.78 is 33.1. The van der Waals surface area contributed by atoms with E-state index < -0.39 is 10.0 Å². The molecule has 1 aliphatic rings. The number of anilines is 1. The zero-order valence-corrected chi connectivity index (χ0v) is 17.3. The Kier molecular flexibility index (Phi) is 5.52. The Morgan fingerprint density at radius 1 is 1.21 bits per heavy atom. The van der Waals surface area contributed by atoms with Gasteiger partial charge in [0.1, 0.15) is 16.2 Å². The van der Waals surface area contributed by atoms with Crippen molar-refractivity contribution in [2.75, 3.05) is 24.4 Å². The molecule has 1 fully saturated rings. The number of nitrogens with one attached hydrogen (secondary N) is 1. The van der Waals surface area contributed by atoms with Crippen LogP contribution >= 0.6 is 11.3 Å². The fourth-order valence-electron chi connectivity index (χ4n) is 3.59. The molecule has 0 aliphatic carbocycles. The molecule has 0 unspecified atom stereocenters. The van der Waals surface area contributed by atoms with Gasteiger partial charge in [0.2, 0.25) is 0 Å². The molecular formula is C20H23N3O3S2. The second-order valence-electron chi connectivity index (χ2n) is 7.02. The highest BCUT2D eigenvalue weighted by Gasteiger charge is 2.23. The number of sulfonamides is 1. The molecule has 1 saturated heterocycles. The van der Waals surface area contributed by atoms with Gasteiger partial charge in [0.25, 0.3) is 10.0 Å². The molecule has 0 amide bonds. The summed E-state index contributed by atoms with van der Waals surface area (Å²) in [5.74, 6) is 0.527. The van der Waals surface area contributed by atoms with Gasteiger partial charge in [-0.1, -0.05) is 24.2 Å². The maximum absolute atomic E-state index is 12.7. The maximum Gasteiger partial charge on any atom is 0.271 e. The van der Waals surface area contributed by atoms with Crippen molar-refractivity contribution in [1.82, 2.24) is 10.1 Å². The van der Waals surface area contributed by atoms with Crippen LogP contribution in [0.2, 0.25) is 0 Å². The first-order valence-corrected chi connectivity index (χ1v) is 11.7. The lowest BCUT2D eigenvalue weighted by molar-refractivity contribution is 0.335. The van der Waals surface area contributed by atoms with Crippen molar-refractivity contribution in [2.24, 2.45) is 0 Å². The molecule has 3 aromatic rings. The number of nitrogens with zero attached hydrogens (tertiary/aromatic N) is 2. The van der Waals surface area contributed by atoms with Gasteiger partial charge >= 0.3 is 0 Å². The van der Waals surface area contributed by atoms with Crippen molar-refractivity contribution in [3.8, 4) is 10.6 Å². The van der Waals surface area contributed by atoms with Crippen molar-refractivity contribution in [3.05, 3.63) is 54.3 Å². The quantitative estimate of drug-likeness (QED) is 0.616. The number of hydrogen-bond acceptors (Lipinski definition) is 6. The van der Waals surface area contributed by atoms with E-state index in [0.29, 0.717) is 17.3 Å². The topological polar surface area (TPSA) is 75.4 Å². The average molecular weight is 418 g/mol. The van der Waals surface area contributed by atoms with Crippen molar-refractivity contribution in [2.45, 2.75) is 29.9 Å². The summed E-state index contributed by atoms with van der Waals surface area (Å²) in [6, 6.07) is 12.8. The Balaban J connectivity index is 1.44. The molecule has 1 aromatic carbocycles. The molecule has 8 heteroatoms. The Labute approximate surface area is 169 Å². The molecule has 28 heavy (non-hydrogen) atoms. The highest BCUT2D eigenvalue weighted by atomic mass is 32.2. The molecule has 1 N–H and O–H groups in total. The number of thiophene rings is 1. The van der Waals surface area contributed by atoms with E-state index in [4.69, 9.17) is 4.52 Å². The molecule has 2 aromatic heterocycles. The Morgan fingerprint density at radius 2 is 2.04 bits per heavy atom. The highest BCUT2D eigenvalue weighted by Crippen LogP contribution is 2.32. The van der Waals surface area contributed by atoms with Crippen molar-refractivity contribution in [1.29, 1.82) is 0 Å². The highest BCUT2D eigenvalue weighted by molar-refractivity contribution is 7.94. The molecule has 3 heterocycles. The van der Waals surface area contributed by atoms with Gasteiger partial charge in [-0.25, -0.2) is 8.42 Å². The minimum absolute atomic E-state index is 0.251. The van der Waals surface area contributed by atoms with Gasteiger partial charge in [0.15, 0.2) is 0 Å². The van der Waals surface area contributed by atoms with E-state index in [-0.39, 0.29) is 4.21 Å². The van der Waals surface area contributed by atoms with Crippen LogP contribution in [-0.4, -0.2) is 38.1 Å². The summed E-state index contributed by atoms with van der Waals surface area (Å²) >= 11 is 1.17. The maximum atomic E-state index is 12.7. The van der Waals surface area contributed by atoms with Crippen LogP contribution in [0.3, 0.4) is 0 Å². The fourth-order valence-corrected chi connectivity index (χ4v) is 5.92. The van der Waals surface area contributed by atoms with Gasteiger partial charge in [-0.05, 0) is 61.7 Å². The Bertz CT molecular complexity index is 1010. The summed E-state index contributed by atoms with van der Waals surface area (Å²) in [5, 5.41) is 3.85. The zero-order valence-electron chi connectivity index (χ0n) is 15.7. The Morgan fingerprint density at radius 3 is 2.75 bits per heavy atom. The number of rotatable bonds is 7.